The maximum Gasteiger partial charge on any atom is 0.306 e. The highest BCUT2D eigenvalue weighted by Crippen LogP contribution is 2.67. The van der Waals surface area contributed by atoms with Crippen LogP contribution in [0.2, 0.25) is 0 Å². The SMILES string of the molecule is CC1CCC2C(C)(C)CCCC2(C)C12CCC(C)(CC(=O)O)O2. The first kappa shape index (κ1) is 17.3. The molecule has 5 unspecified atom stereocenters. The molecule has 23 heavy (non-hydrogen) atoms. The molecule has 2 aliphatic carbocycles. The van der Waals surface area contributed by atoms with Crippen molar-refractivity contribution in [2.45, 2.75) is 97.2 Å². The second kappa shape index (κ2) is 5.21. The Hall–Kier alpha value is -0.570. The molecule has 2 saturated carbocycles. The molecule has 0 aromatic carbocycles. The first-order valence-corrected chi connectivity index (χ1v) is 9.47. The van der Waals surface area contributed by atoms with Crippen LogP contribution in [0.4, 0.5) is 0 Å². The van der Waals surface area contributed by atoms with Gasteiger partial charge in [-0.3, -0.25) is 4.79 Å². The topological polar surface area (TPSA) is 46.5 Å². The van der Waals surface area contributed by atoms with Crippen molar-refractivity contribution in [3.05, 3.63) is 0 Å². The number of hydrogen-bond donors (Lipinski definition) is 1. The largest absolute Gasteiger partial charge is 0.481 e. The summed E-state index contributed by atoms with van der Waals surface area (Å²) in [7, 11) is 0. The number of hydrogen-bond acceptors (Lipinski definition) is 2. The summed E-state index contributed by atoms with van der Waals surface area (Å²) >= 11 is 0. The number of carbonyl (C=O) groups is 1. The fraction of sp³-hybridized carbons (Fsp3) is 0.950. The lowest BCUT2D eigenvalue weighted by Crippen LogP contribution is -2.62. The Morgan fingerprint density at radius 1 is 1.09 bits per heavy atom. The van der Waals surface area contributed by atoms with Gasteiger partial charge < -0.3 is 9.84 Å². The fourth-order valence-corrected chi connectivity index (χ4v) is 6.74. The Morgan fingerprint density at radius 2 is 1.78 bits per heavy atom. The molecule has 1 N–H and O–H groups in total. The maximum atomic E-state index is 11.3. The monoisotopic (exact) mass is 322 g/mol. The predicted molar refractivity (Wildman–Crippen MR) is 91.3 cm³/mol. The third-order valence-corrected chi connectivity index (χ3v) is 7.86. The summed E-state index contributed by atoms with van der Waals surface area (Å²) in [6.07, 6.45) is 8.36. The summed E-state index contributed by atoms with van der Waals surface area (Å²) in [5.41, 5.74) is -0.0671. The third-order valence-electron chi connectivity index (χ3n) is 7.86. The van der Waals surface area contributed by atoms with E-state index < -0.39 is 11.6 Å². The lowest BCUT2D eigenvalue weighted by Gasteiger charge is -2.64. The lowest BCUT2D eigenvalue weighted by molar-refractivity contribution is -0.245. The minimum Gasteiger partial charge on any atom is -0.481 e. The molecule has 1 aliphatic heterocycles. The van der Waals surface area contributed by atoms with Gasteiger partial charge in [-0.2, -0.15) is 0 Å². The molecule has 5 atom stereocenters. The first-order valence-electron chi connectivity index (χ1n) is 9.47. The van der Waals surface area contributed by atoms with Gasteiger partial charge >= 0.3 is 5.97 Å². The molecule has 1 saturated heterocycles. The number of aliphatic carboxylic acids is 1. The summed E-state index contributed by atoms with van der Waals surface area (Å²) in [4.78, 5) is 11.3. The van der Waals surface area contributed by atoms with Crippen LogP contribution in [0.1, 0.15) is 86.0 Å². The van der Waals surface area contributed by atoms with Gasteiger partial charge in [-0.15, -0.1) is 0 Å². The molecule has 1 heterocycles. The Bertz CT molecular complexity index is 499. The number of fused-ring (bicyclic) bond motifs is 2. The van der Waals surface area contributed by atoms with E-state index in [9.17, 15) is 9.90 Å². The van der Waals surface area contributed by atoms with Gasteiger partial charge in [-0.1, -0.05) is 34.1 Å². The zero-order valence-corrected chi connectivity index (χ0v) is 15.6. The van der Waals surface area contributed by atoms with Crippen molar-refractivity contribution in [1.29, 1.82) is 0 Å². The number of carboxylic acids is 1. The molecule has 0 aromatic heterocycles. The van der Waals surface area contributed by atoms with Crippen LogP contribution in [0.15, 0.2) is 0 Å². The highest BCUT2D eigenvalue weighted by molar-refractivity contribution is 5.68. The van der Waals surface area contributed by atoms with E-state index >= 15 is 0 Å². The Labute approximate surface area is 141 Å². The van der Waals surface area contributed by atoms with Crippen molar-refractivity contribution < 1.29 is 14.6 Å². The van der Waals surface area contributed by atoms with Crippen LogP contribution in [0.5, 0.6) is 0 Å². The van der Waals surface area contributed by atoms with Gasteiger partial charge in [0.1, 0.15) is 0 Å². The number of carboxylic acid groups (broad SMARTS) is 1. The van der Waals surface area contributed by atoms with E-state index in [2.05, 4.69) is 27.7 Å². The van der Waals surface area contributed by atoms with Gasteiger partial charge in [0.05, 0.1) is 17.6 Å². The highest BCUT2D eigenvalue weighted by Gasteiger charge is 2.66. The van der Waals surface area contributed by atoms with Crippen LogP contribution in [0.3, 0.4) is 0 Å². The molecule has 0 radical (unpaired) electrons. The van der Waals surface area contributed by atoms with E-state index in [4.69, 9.17) is 4.74 Å². The summed E-state index contributed by atoms with van der Waals surface area (Å²) < 4.78 is 6.79. The quantitative estimate of drug-likeness (QED) is 0.775. The first-order chi connectivity index (χ1) is 10.5. The standard InChI is InChI=1S/C20H34O3/c1-14-7-8-15-17(2,3)9-6-10-19(15,5)20(14)12-11-18(4,23-20)13-16(21)22/h14-15H,6-13H2,1-5H3,(H,21,22). The third kappa shape index (κ3) is 2.45. The van der Waals surface area contributed by atoms with Crippen LogP contribution in [0.25, 0.3) is 0 Å². The van der Waals surface area contributed by atoms with Crippen molar-refractivity contribution in [1.82, 2.24) is 0 Å². The maximum absolute atomic E-state index is 11.3. The van der Waals surface area contributed by atoms with Crippen LogP contribution in [-0.2, 0) is 9.53 Å². The molecule has 1 spiro atoms. The molecular formula is C20H34O3. The van der Waals surface area contributed by atoms with E-state index in [0.717, 1.165) is 12.8 Å². The molecule has 3 rings (SSSR count). The second-order valence-electron chi connectivity index (χ2n) is 9.80. The van der Waals surface area contributed by atoms with Gasteiger partial charge in [-0.05, 0) is 62.7 Å². The normalized spacial score (nSPS) is 49.1. The van der Waals surface area contributed by atoms with Crippen molar-refractivity contribution in [3.63, 3.8) is 0 Å². The number of ether oxygens (including phenoxy) is 1. The zero-order chi connectivity index (χ0) is 17.1. The molecule has 0 bridgehead atoms. The Kier molecular flexibility index (Phi) is 3.91. The number of rotatable bonds is 2. The Balaban J connectivity index is 1.98. The van der Waals surface area contributed by atoms with E-state index in [1.54, 1.807) is 0 Å². The lowest BCUT2D eigenvalue weighted by atomic mass is 9.44. The minimum atomic E-state index is -0.737. The summed E-state index contributed by atoms with van der Waals surface area (Å²) in [6, 6.07) is 0. The molecule has 3 heteroatoms. The summed E-state index contributed by atoms with van der Waals surface area (Å²) in [5.74, 6) is 0.471. The van der Waals surface area contributed by atoms with E-state index in [-0.39, 0.29) is 17.4 Å². The van der Waals surface area contributed by atoms with Crippen LogP contribution >= 0.6 is 0 Å². The second-order valence-corrected chi connectivity index (χ2v) is 9.80. The molecule has 132 valence electrons. The highest BCUT2D eigenvalue weighted by atomic mass is 16.5. The molecule has 3 nitrogen and oxygen atoms in total. The average molecular weight is 322 g/mol. The van der Waals surface area contributed by atoms with E-state index in [1.165, 1.54) is 32.1 Å². The molecule has 3 aliphatic rings. The minimum absolute atomic E-state index is 0.127. The van der Waals surface area contributed by atoms with Gasteiger partial charge in [0, 0.05) is 5.41 Å². The van der Waals surface area contributed by atoms with E-state index in [1.807, 2.05) is 6.92 Å². The van der Waals surface area contributed by atoms with Crippen molar-refractivity contribution in [2.24, 2.45) is 22.7 Å². The van der Waals surface area contributed by atoms with Crippen LogP contribution in [-0.4, -0.2) is 22.3 Å². The van der Waals surface area contributed by atoms with Gasteiger partial charge in [0.2, 0.25) is 0 Å². The summed E-state index contributed by atoms with van der Waals surface area (Å²) in [6.45, 7) is 11.7. The van der Waals surface area contributed by atoms with Crippen LogP contribution in [0, 0.1) is 22.7 Å². The van der Waals surface area contributed by atoms with Crippen molar-refractivity contribution in [2.75, 3.05) is 0 Å². The molecular weight excluding hydrogens is 288 g/mol. The molecule has 3 fully saturated rings. The predicted octanol–water partition coefficient (Wildman–Crippen LogP) is 5.03. The van der Waals surface area contributed by atoms with Crippen LogP contribution < -0.4 is 0 Å². The zero-order valence-electron chi connectivity index (χ0n) is 15.6. The van der Waals surface area contributed by atoms with E-state index in [0.29, 0.717) is 17.3 Å². The smallest absolute Gasteiger partial charge is 0.306 e. The van der Waals surface area contributed by atoms with Gasteiger partial charge in [0.15, 0.2) is 0 Å². The van der Waals surface area contributed by atoms with Gasteiger partial charge in [0.25, 0.3) is 0 Å². The Morgan fingerprint density at radius 3 is 2.43 bits per heavy atom. The molecule has 0 aromatic rings. The summed E-state index contributed by atoms with van der Waals surface area (Å²) in [5, 5.41) is 9.29. The molecule has 0 amide bonds. The van der Waals surface area contributed by atoms with Crippen molar-refractivity contribution in [3.8, 4) is 0 Å². The average Bonchev–Trinajstić information content (AvgIpc) is 2.74. The van der Waals surface area contributed by atoms with Gasteiger partial charge in [-0.25, -0.2) is 0 Å². The van der Waals surface area contributed by atoms with Crippen molar-refractivity contribution >= 4 is 5.97 Å². The fourth-order valence-electron chi connectivity index (χ4n) is 6.74.